The van der Waals surface area contributed by atoms with E-state index >= 15 is 0 Å². The lowest BCUT2D eigenvalue weighted by atomic mass is 9.81. The highest BCUT2D eigenvalue weighted by Gasteiger charge is 2.22. The van der Waals surface area contributed by atoms with Crippen molar-refractivity contribution in [3.05, 3.63) is 41.7 Å². The number of fused-ring (bicyclic) bond motifs is 1. The molecule has 0 N–H and O–H groups in total. The molecule has 27 heavy (non-hydrogen) atoms. The normalized spacial score (nSPS) is 17.2. The molecule has 1 aliphatic rings. The Morgan fingerprint density at radius 3 is 2.74 bits per heavy atom. The summed E-state index contributed by atoms with van der Waals surface area (Å²) in [4.78, 5) is 21.0. The van der Waals surface area contributed by atoms with Crippen LogP contribution in [0.2, 0.25) is 0 Å². The lowest BCUT2D eigenvalue weighted by Crippen LogP contribution is -2.18. The van der Waals surface area contributed by atoms with Crippen LogP contribution in [0.3, 0.4) is 0 Å². The summed E-state index contributed by atoms with van der Waals surface area (Å²) in [6, 6.07) is 7.47. The standard InChI is InChI=1S/C23H30N2O2/c1-4-6-22(26)27-20-10-8-18(9-11-20)23-24-15-19-14-17(13-16(3)5-2)7-12-21(19)25-23/h8-11,15-17H,4-7,12-14H2,1-3H3. The van der Waals surface area contributed by atoms with Crippen molar-refractivity contribution in [3.8, 4) is 17.1 Å². The third-order valence-electron chi connectivity index (χ3n) is 5.48. The summed E-state index contributed by atoms with van der Waals surface area (Å²) >= 11 is 0. The monoisotopic (exact) mass is 366 g/mol. The summed E-state index contributed by atoms with van der Waals surface area (Å²) in [5.74, 6) is 2.69. The molecule has 0 fully saturated rings. The number of aromatic nitrogens is 2. The highest BCUT2D eigenvalue weighted by atomic mass is 16.5. The fraction of sp³-hybridized carbons (Fsp3) is 0.522. The van der Waals surface area contributed by atoms with Gasteiger partial charge >= 0.3 is 5.97 Å². The van der Waals surface area contributed by atoms with Gasteiger partial charge in [0.1, 0.15) is 5.75 Å². The van der Waals surface area contributed by atoms with Gasteiger partial charge in [-0.3, -0.25) is 4.79 Å². The third kappa shape index (κ3) is 5.15. The highest BCUT2D eigenvalue weighted by molar-refractivity contribution is 5.72. The summed E-state index contributed by atoms with van der Waals surface area (Å²) in [7, 11) is 0. The quantitative estimate of drug-likeness (QED) is 0.487. The molecule has 0 aliphatic heterocycles. The maximum atomic E-state index is 11.6. The largest absolute Gasteiger partial charge is 0.427 e. The molecule has 1 aliphatic carbocycles. The zero-order chi connectivity index (χ0) is 19.2. The molecule has 144 valence electrons. The van der Waals surface area contributed by atoms with Gasteiger partial charge in [0.25, 0.3) is 0 Å². The van der Waals surface area contributed by atoms with Crippen LogP contribution in [0.1, 0.15) is 64.1 Å². The van der Waals surface area contributed by atoms with E-state index in [0.717, 1.165) is 42.5 Å². The molecule has 2 unspecified atom stereocenters. The van der Waals surface area contributed by atoms with E-state index in [9.17, 15) is 4.79 Å². The van der Waals surface area contributed by atoms with E-state index < -0.39 is 0 Å². The molecule has 4 nitrogen and oxygen atoms in total. The summed E-state index contributed by atoms with van der Waals surface area (Å²) in [5, 5.41) is 0. The molecule has 0 spiro atoms. The number of hydrogen-bond acceptors (Lipinski definition) is 4. The highest BCUT2D eigenvalue weighted by Crippen LogP contribution is 2.30. The summed E-state index contributed by atoms with van der Waals surface area (Å²) < 4.78 is 5.31. The summed E-state index contributed by atoms with van der Waals surface area (Å²) in [6.07, 6.45) is 9.16. The van der Waals surface area contributed by atoms with Gasteiger partial charge in [-0.1, -0.05) is 27.2 Å². The number of carbonyl (C=O) groups excluding carboxylic acids is 1. The second kappa shape index (κ2) is 9.12. The predicted molar refractivity (Wildman–Crippen MR) is 108 cm³/mol. The van der Waals surface area contributed by atoms with Gasteiger partial charge in [0.2, 0.25) is 0 Å². The Morgan fingerprint density at radius 2 is 2.04 bits per heavy atom. The molecule has 1 aromatic heterocycles. The van der Waals surface area contributed by atoms with Crippen molar-refractivity contribution in [1.82, 2.24) is 9.97 Å². The predicted octanol–water partition coefficient (Wildman–Crippen LogP) is 5.39. The number of ether oxygens (including phenoxy) is 1. The van der Waals surface area contributed by atoms with E-state index in [1.165, 1.54) is 30.5 Å². The molecule has 1 aromatic carbocycles. The van der Waals surface area contributed by atoms with Crippen LogP contribution in [0.15, 0.2) is 30.5 Å². The molecule has 2 atom stereocenters. The first kappa shape index (κ1) is 19.5. The van der Waals surface area contributed by atoms with Gasteiger partial charge in [-0.25, -0.2) is 9.97 Å². The Labute approximate surface area is 162 Å². The molecule has 4 heteroatoms. The van der Waals surface area contributed by atoms with E-state index in [-0.39, 0.29) is 5.97 Å². The van der Waals surface area contributed by atoms with Crippen LogP contribution in [-0.4, -0.2) is 15.9 Å². The first-order chi connectivity index (χ1) is 13.1. The van der Waals surface area contributed by atoms with E-state index in [0.29, 0.717) is 12.2 Å². The lowest BCUT2D eigenvalue weighted by Gasteiger charge is -2.26. The number of esters is 1. The Kier molecular flexibility index (Phi) is 6.59. The van der Waals surface area contributed by atoms with Crippen molar-refractivity contribution in [2.45, 2.75) is 65.7 Å². The van der Waals surface area contributed by atoms with Crippen LogP contribution in [0.25, 0.3) is 11.4 Å². The summed E-state index contributed by atoms with van der Waals surface area (Å²) in [5.41, 5.74) is 3.46. The van der Waals surface area contributed by atoms with E-state index in [1.807, 2.05) is 37.4 Å². The zero-order valence-corrected chi connectivity index (χ0v) is 16.7. The fourth-order valence-electron chi connectivity index (χ4n) is 3.72. The van der Waals surface area contributed by atoms with Crippen LogP contribution in [0, 0.1) is 11.8 Å². The Bertz CT molecular complexity index is 770. The number of benzene rings is 1. The Hall–Kier alpha value is -2.23. The van der Waals surface area contributed by atoms with Crippen LogP contribution in [-0.2, 0) is 17.6 Å². The minimum atomic E-state index is -0.192. The van der Waals surface area contributed by atoms with Gasteiger partial charge in [0.05, 0.1) is 0 Å². The Morgan fingerprint density at radius 1 is 1.26 bits per heavy atom. The second-order valence-electron chi connectivity index (χ2n) is 7.77. The molecule has 1 heterocycles. The molecule has 3 rings (SSSR count). The van der Waals surface area contributed by atoms with Gasteiger partial charge in [-0.2, -0.15) is 0 Å². The molecular formula is C23H30N2O2. The SMILES string of the molecule is CCCC(=O)Oc1ccc(-c2ncc3c(n2)CCC(CC(C)CC)C3)cc1. The minimum absolute atomic E-state index is 0.192. The van der Waals surface area contributed by atoms with Gasteiger partial charge in [0.15, 0.2) is 5.82 Å². The number of carbonyl (C=O) groups is 1. The topological polar surface area (TPSA) is 52.1 Å². The maximum Gasteiger partial charge on any atom is 0.311 e. The smallest absolute Gasteiger partial charge is 0.311 e. The third-order valence-corrected chi connectivity index (χ3v) is 5.48. The van der Waals surface area contributed by atoms with Crippen LogP contribution >= 0.6 is 0 Å². The number of rotatable bonds is 7. The molecule has 2 aromatic rings. The maximum absolute atomic E-state index is 11.6. The lowest BCUT2D eigenvalue weighted by molar-refractivity contribution is -0.134. The molecular weight excluding hydrogens is 336 g/mol. The number of hydrogen-bond donors (Lipinski definition) is 0. The van der Waals surface area contributed by atoms with Crippen LogP contribution in [0.5, 0.6) is 5.75 Å². The van der Waals surface area contributed by atoms with Gasteiger partial charge in [0, 0.05) is 23.9 Å². The molecule has 0 amide bonds. The van der Waals surface area contributed by atoms with E-state index in [1.54, 1.807) is 0 Å². The van der Waals surface area contributed by atoms with Gasteiger partial charge < -0.3 is 4.74 Å². The molecule has 0 radical (unpaired) electrons. The van der Waals surface area contributed by atoms with Gasteiger partial charge in [-0.05, 0) is 73.8 Å². The molecule has 0 bridgehead atoms. The van der Waals surface area contributed by atoms with Crippen molar-refractivity contribution in [3.63, 3.8) is 0 Å². The van der Waals surface area contributed by atoms with Crippen LogP contribution < -0.4 is 4.74 Å². The average Bonchev–Trinajstić information content (AvgIpc) is 2.68. The first-order valence-corrected chi connectivity index (χ1v) is 10.2. The van der Waals surface area contributed by atoms with E-state index in [4.69, 9.17) is 9.72 Å². The van der Waals surface area contributed by atoms with Gasteiger partial charge in [-0.15, -0.1) is 0 Å². The summed E-state index contributed by atoms with van der Waals surface area (Å²) in [6.45, 7) is 6.58. The average molecular weight is 367 g/mol. The minimum Gasteiger partial charge on any atom is -0.427 e. The van der Waals surface area contributed by atoms with Crippen molar-refractivity contribution in [2.75, 3.05) is 0 Å². The van der Waals surface area contributed by atoms with Crippen molar-refractivity contribution < 1.29 is 9.53 Å². The Balaban J connectivity index is 1.68. The zero-order valence-electron chi connectivity index (χ0n) is 16.7. The number of nitrogens with zero attached hydrogens (tertiary/aromatic N) is 2. The van der Waals surface area contributed by atoms with Crippen LogP contribution in [0.4, 0.5) is 0 Å². The van der Waals surface area contributed by atoms with Crippen molar-refractivity contribution >= 4 is 5.97 Å². The van der Waals surface area contributed by atoms with E-state index in [2.05, 4.69) is 18.8 Å². The molecule has 0 saturated heterocycles. The second-order valence-corrected chi connectivity index (χ2v) is 7.77. The first-order valence-electron chi connectivity index (χ1n) is 10.2. The fourth-order valence-corrected chi connectivity index (χ4v) is 3.72. The molecule has 0 saturated carbocycles. The van der Waals surface area contributed by atoms with Crippen molar-refractivity contribution in [1.29, 1.82) is 0 Å². The van der Waals surface area contributed by atoms with Crippen molar-refractivity contribution in [2.24, 2.45) is 11.8 Å². The number of aryl methyl sites for hydroxylation is 1.